The van der Waals surface area contributed by atoms with Gasteiger partial charge < -0.3 is 42.6 Å². The van der Waals surface area contributed by atoms with Gasteiger partial charge in [-0.05, 0) is 0 Å². The molecule has 10 heteroatoms. The van der Waals surface area contributed by atoms with E-state index in [4.69, 9.17) is 37.9 Å². The summed E-state index contributed by atoms with van der Waals surface area (Å²) in [4.78, 5) is 9.89. The van der Waals surface area contributed by atoms with Gasteiger partial charge >= 0.3 is 0 Å². The van der Waals surface area contributed by atoms with Crippen LogP contribution < -0.4 is 0 Å². The number of carbonyl (C=O) groups is 1. The van der Waals surface area contributed by atoms with Gasteiger partial charge in [-0.25, -0.2) is 0 Å². The van der Waals surface area contributed by atoms with E-state index in [0.717, 1.165) is 0 Å². The van der Waals surface area contributed by atoms with E-state index in [2.05, 4.69) is 4.74 Å². The van der Waals surface area contributed by atoms with Crippen LogP contribution in [0.15, 0.2) is 0 Å². The average molecular weight is 412 g/mol. The van der Waals surface area contributed by atoms with E-state index in [1.807, 2.05) is 0 Å². The molecule has 0 atom stereocenters. The number of carbonyl (C=O) groups excluding carboxylic acids is 1. The molecule has 0 aliphatic carbocycles. The zero-order chi connectivity index (χ0) is 20.4. The predicted molar refractivity (Wildman–Crippen MR) is 99.6 cm³/mol. The fraction of sp³-hybridized carbons (Fsp3) is 0.944. The molecule has 0 aromatic rings. The van der Waals surface area contributed by atoms with Crippen LogP contribution in [0.5, 0.6) is 0 Å². The van der Waals surface area contributed by atoms with Gasteiger partial charge in [-0.2, -0.15) is 0 Å². The molecular formula is C18H36O10. The smallest absolute Gasteiger partial charge is 0.293 e. The minimum atomic E-state index is 0.260. The summed E-state index contributed by atoms with van der Waals surface area (Å²) in [6.45, 7) is 8.37. The third-order valence-corrected chi connectivity index (χ3v) is 3.08. The Balaban J connectivity index is 2.97. The third kappa shape index (κ3) is 25.1. The lowest BCUT2D eigenvalue weighted by Gasteiger charge is -2.08. The highest BCUT2D eigenvalue weighted by molar-refractivity contribution is 5.36. The van der Waals surface area contributed by atoms with Gasteiger partial charge in [0.2, 0.25) is 0 Å². The Hall–Kier alpha value is -0.850. The van der Waals surface area contributed by atoms with Crippen LogP contribution in [0.4, 0.5) is 0 Å². The van der Waals surface area contributed by atoms with Crippen LogP contribution in [-0.4, -0.2) is 119 Å². The summed E-state index contributed by atoms with van der Waals surface area (Å²) in [6.07, 6.45) is 0. The van der Waals surface area contributed by atoms with Crippen molar-refractivity contribution < 1.29 is 47.4 Å². The number of methoxy groups -OCH3 is 1. The zero-order valence-corrected chi connectivity index (χ0v) is 17.0. The van der Waals surface area contributed by atoms with E-state index < -0.39 is 0 Å². The van der Waals surface area contributed by atoms with Crippen molar-refractivity contribution in [1.29, 1.82) is 0 Å². The largest absolute Gasteiger partial charge is 0.465 e. The molecule has 0 rings (SSSR count). The molecular weight excluding hydrogens is 376 g/mol. The Labute approximate surface area is 167 Å². The van der Waals surface area contributed by atoms with Crippen molar-refractivity contribution in [2.45, 2.75) is 0 Å². The van der Waals surface area contributed by atoms with E-state index in [9.17, 15) is 4.79 Å². The van der Waals surface area contributed by atoms with Crippen molar-refractivity contribution >= 4 is 6.47 Å². The molecule has 0 aliphatic rings. The predicted octanol–water partition coefficient (Wildman–Crippen LogP) is -0.0780. The highest BCUT2D eigenvalue weighted by atomic mass is 16.6. The van der Waals surface area contributed by atoms with Crippen LogP contribution in [0.25, 0.3) is 0 Å². The standard InChI is InChI=1S/C18H36O10/c1-20-2-3-21-4-5-22-6-7-23-8-9-24-10-11-25-12-13-26-14-15-27-16-17-28-18-19/h18H,2-17H2,1H3. The Kier molecular flexibility index (Phi) is 25.4. The topological polar surface area (TPSA) is 100 Å². The molecule has 0 aromatic carbocycles. The van der Waals surface area contributed by atoms with Gasteiger partial charge in [-0.15, -0.1) is 0 Å². The molecule has 0 heterocycles. The first-order valence-electron chi connectivity index (χ1n) is 9.50. The average Bonchev–Trinajstić information content (AvgIpc) is 2.71. The highest BCUT2D eigenvalue weighted by Crippen LogP contribution is 1.85. The van der Waals surface area contributed by atoms with Crippen LogP contribution in [0.1, 0.15) is 0 Å². The third-order valence-electron chi connectivity index (χ3n) is 3.08. The molecule has 0 unspecified atom stereocenters. The normalized spacial score (nSPS) is 11.0. The van der Waals surface area contributed by atoms with Crippen LogP contribution in [0.3, 0.4) is 0 Å². The summed E-state index contributed by atoms with van der Waals surface area (Å²) in [5.41, 5.74) is 0. The molecule has 168 valence electrons. The molecule has 0 saturated heterocycles. The van der Waals surface area contributed by atoms with Gasteiger partial charge in [-0.3, -0.25) is 4.79 Å². The van der Waals surface area contributed by atoms with Crippen molar-refractivity contribution in [1.82, 2.24) is 0 Å². The van der Waals surface area contributed by atoms with Crippen LogP contribution in [0.2, 0.25) is 0 Å². The van der Waals surface area contributed by atoms with Crippen LogP contribution >= 0.6 is 0 Å². The maximum absolute atomic E-state index is 9.89. The van der Waals surface area contributed by atoms with E-state index >= 15 is 0 Å². The number of rotatable bonds is 25. The van der Waals surface area contributed by atoms with Gasteiger partial charge in [0.1, 0.15) is 6.61 Å². The Morgan fingerprint density at radius 1 is 0.429 bits per heavy atom. The number of hydrogen-bond donors (Lipinski definition) is 0. The molecule has 0 N–H and O–H groups in total. The Morgan fingerprint density at radius 2 is 0.679 bits per heavy atom. The summed E-state index contributed by atoms with van der Waals surface area (Å²) < 4.78 is 46.6. The van der Waals surface area contributed by atoms with E-state index in [0.29, 0.717) is 106 Å². The van der Waals surface area contributed by atoms with E-state index in [1.165, 1.54) is 0 Å². The minimum Gasteiger partial charge on any atom is -0.465 e. The summed E-state index contributed by atoms with van der Waals surface area (Å²) >= 11 is 0. The lowest BCUT2D eigenvalue weighted by atomic mass is 10.6. The molecule has 0 aromatic heterocycles. The first kappa shape index (κ1) is 27.1. The molecule has 0 saturated carbocycles. The number of ether oxygens (including phenoxy) is 9. The SMILES string of the molecule is COCCOCCOCCOCCOCCOCCOCCOCCOC=O. The van der Waals surface area contributed by atoms with Gasteiger partial charge in [0, 0.05) is 7.11 Å². The lowest BCUT2D eigenvalue weighted by Crippen LogP contribution is -2.15. The first-order valence-corrected chi connectivity index (χ1v) is 9.50. The second-order valence-electron chi connectivity index (χ2n) is 5.25. The maximum atomic E-state index is 9.89. The molecule has 0 radical (unpaired) electrons. The highest BCUT2D eigenvalue weighted by Gasteiger charge is 1.94. The summed E-state index contributed by atoms with van der Waals surface area (Å²) in [6, 6.07) is 0. The molecule has 0 fully saturated rings. The van der Waals surface area contributed by atoms with Gasteiger partial charge in [0.25, 0.3) is 6.47 Å². The zero-order valence-electron chi connectivity index (χ0n) is 17.0. The fourth-order valence-corrected chi connectivity index (χ4v) is 1.72. The van der Waals surface area contributed by atoms with Crippen molar-refractivity contribution in [3.05, 3.63) is 0 Å². The molecule has 0 aliphatic heterocycles. The molecule has 0 bridgehead atoms. The Bertz CT molecular complexity index is 294. The second kappa shape index (κ2) is 26.1. The lowest BCUT2D eigenvalue weighted by molar-refractivity contribution is -0.130. The summed E-state index contributed by atoms with van der Waals surface area (Å²) in [5, 5.41) is 0. The monoisotopic (exact) mass is 412 g/mol. The van der Waals surface area contributed by atoms with Crippen molar-refractivity contribution in [3.63, 3.8) is 0 Å². The maximum Gasteiger partial charge on any atom is 0.293 e. The molecule has 10 nitrogen and oxygen atoms in total. The fourth-order valence-electron chi connectivity index (χ4n) is 1.72. The summed E-state index contributed by atoms with van der Waals surface area (Å²) in [5.74, 6) is 0. The van der Waals surface area contributed by atoms with Gasteiger partial charge in [-0.1, -0.05) is 0 Å². The minimum absolute atomic E-state index is 0.260. The van der Waals surface area contributed by atoms with E-state index in [1.54, 1.807) is 7.11 Å². The van der Waals surface area contributed by atoms with Gasteiger partial charge in [0.15, 0.2) is 0 Å². The van der Waals surface area contributed by atoms with Crippen LogP contribution in [-0.2, 0) is 47.4 Å². The van der Waals surface area contributed by atoms with Crippen LogP contribution in [0, 0.1) is 0 Å². The number of hydrogen-bond acceptors (Lipinski definition) is 10. The first-order chi connectivity index (χ1) is 13.9. The quantitative estimate of drug-likeness (QED) is 0.150. The van der Waals surface area contributed by atoms with E-state index in [-0.39, 0.29) is 6.61 Å². The van der Waals surface area contributed by atoms with Crippen molar-refractivity contribution in [2.24, 2.45) is 0 Å². The van der Waals surface area contributed by atoms with Gasteiger partial charge in [0.05, 0.1) is 99.1 Å². The second-order valence-corrected chi connectivity index (χ2v) is 5.25. The molecule has 28 heavy (non-hydrogen) atoms. The molecule has 0 amide bonds. The van der Waals surface area contributed by atoms with Crippen molar-refractivity contribution in [3.8, 4) is 0 Å². The summed E-state index contributed by atoms with van der Waals surface area (Å²) in [7, 11) is 1.64. The van der Waals surface area contributed by atoms with Crippen molar-refractivity contribution in [2.75, 3.05) is 113 Å². The molecule has 0 spiro atoms. The Morgan fingerprint density at radius 3 is 0.929 bits per heavy atom.